The van der Waals surface area contributed by atoms with Crippen LogP contribution in [0, 0.1) is 0 Å². The summed E-state index contributed by atoms with van der Waals surface area (Å²) in [5.41, 5.74) is 10.1. The van der Waals surface area contributed by atoms with E-state index in [1.165, 1.54) is 0 Å². The number of hydrogen-bond donors (Lipinski definition) is 3. The number of hydrogen-bond acceptors (Lipinski definition) is 4. The number of aromatic carboxylic acids is 2. The monoisotopic (exact) mass is 444 g/mol. The number of nitrogens with two attached hydrogens (primary N) is 1. The quantitative estimate of drug-likeness (QED) is 0.357. The molecule has 0 spiro atoms. The van der Waals surface area contributed by atoms with E-state index in [2.05, 4.69) is 4.57 Å². The van der Waals surface area contributed by atoms with E-state index in [0.717, 1.165) is 27.6 Å². The summed E-state index contributed by atoms with van der Waals surface area (Å²) in [6.45, 7) is 1.28. The van der Waals surface area contributed by atoms with E-state index in [1.54, 1.807) is 36.4 Å². The molecule has 4 rings (SSSR count). The second kappa shape index (κ2) is 9.58. The predicted molar refractivity (Wildman–Crippen MR) is 125 cm³/mol. The summed E-state index contributed by atoms with van der Waals surface area (Å²) >= 11 is 0. The Morgan fingerprint density at radius 2 is 1.55 bits per heavy atom. The van der Waals surface area contributed by atoms with Gasteiger partial charge in [-0.05, 0) is 72.1 Å². The number of carbonyl (C=O) groups is 2. The van der Waals surface area contributed by atoms with Crippen LogP contribution in [0.4, 0.5) is 0 Å². The first-order valence-electron chi connectivity index (χ1n) is 10.5. The highest BCUT2D eigenvalue weighted by Gasteiger charge is 2.12. The smallest absolute Gasteiger partial charge is 0.335 e. The molecule has 0 radical (unpaired) electrons. The molecule has 1 aromatic heterocycles. The first-order chi connectivity index (χ1) is 15.9. The molecular weight excluding hydrogens is 420 g/mol. The lowest BCUT2D eigenvalue weighted by Gasteiger charge is -2.09. The maximum absolute atomic E-state index is 11.3. The van der Waals surface area contributed by atoms with Crippen LogP contribution in [0.25, 0.3) is 10.9 Å². The molecule has 0 atom stereocenters. The van der Waals surface area contributed by atoms with Gasteiger partial charge >= 0.3 is 11.9 Å². The summed E-state index contributed by atoms with van der Waals surface area (Å²) in [7, 11) is 0. The van der Waals surface area contributed by atoms with Gasteiger partial charge in [-0.15, -0.1) is 0 Å². The van der Waals surface area contributed by atoms with Crippen molar-refractivity contribution in [3.8, 4) is 5.75 Å². The van der Waals surface area contributed by atoms with Crippen LogP contribution in [-0.2, 0) is 19.6 Å². The molecule has 7 heteroatoms. The second-order valence-electron chi connectivity index (χ2n) is 7.80. The van der Waals surface area contributed by atoms with Gasteiger partial charge in [0.2, 0.25) is 0 Å². The normalized spacial score (nSPS) is 10.9. The van der Waals surface area contributed by atoms with Crippen molar-refractivity contribution >= 4 is 22.8 Å². The van der Waals surface area contributed by atoms with Crippen LogP contribution in [0.15, 0.2) is 72.9 Å². The highest BCUT2D eigenvalue weighted by atomic mass is 16.5. The van der Waals surface area contributed by atoms with Crippen LogP contribution in [-0.4, -0.2) is 33.3 Å². The average Bonchev–Trinajstić information content (AvgIpc) is 3.14. The van der Waals surface area contributed by atoms with E-state index in [0.29, 0.717) is 25.3 Å². The van der Waals surface area contributed by atoms with E-state index in [4.69, 9.17) is 15.6 Å². The Morgan fingerprint density at radius 1 is 0.879 bits per heavy atom. The maximum atomic E-state index is 11.3. The molecule has 0 unspecified atom stereocenters. The van der Waals surface area contributed by atoms with Crippen molar-refractivity contribution in [1.82, 2.24) is 4.57 Å². The standard InChI is InChI=1S/C26H24N2O5/c27-10-9-21-15-28(14-17-3-1-5-19(11-17)25(29)30)24-8-7-22(13-23(21)24)33-16-18-4-2-6-20(12-18)26(31)32/h1-8,11-13,15H,9-10,14,16,27H2,(H,29,30)(H,31,32). The zero-order valence-electron chi connectivity index (χ0n) is 17.9. The maximum Gasteiger partial charge on any atom is 0.335 e. The summed E-state index contributed by atoms with van der Waals surface area (Å²) in [6, 6.07) is 19.4. The zero-order chi connectivity index (χ0) is 23.4. The Balaban J connectivity index is 1.60. The average molecular weight is 444 g/mol. The minimum atomic E-state index is -0.972. The summed E-state index contributed by atoms with van der Waals surface area (Å²) < 4.78 is 8.02. The molecule has 0 saturated carbocycles. The molecule has 33 heavy (non-hydrogen) atoms. The van der Waals surface area contributed by atoms with Gasteiger partial charge in [0.1, 0.15) is 12.4 Å². The number of benzene rings is 3. The van der Waals surface area contributed by atoms with Crippen LogP contribution >= 0.6 is 0 Å². The van der Waals surface area contributed by atoms with Gasteiger partial charge in [0.15, 0.2) is 0 Å². The highest BCUT2D eigenvalue weighted by molar-refractivity contribution is 5.88. The number of aromatic nitrogens is 1. The molecule has 1 heterocycles. The van der Waals surface area contributed by atoms with Gasteiger partial charge < -0.3 is 25.3 Å². The number of ether oxygens (including phenoxy) is 1. The molecule has 168 valence electrons. The van der Waals surface area contributed by atoms with Crippen LogP contribution < -0.4 is 10.5 Å². The first kappa shape index (κ1) is 22.1. The third kappa shape index (κ3) is 5.05. The van der Waals surface area contributed by atoms with Gasteiger partial charge in [0, 0.05) is 23.6 Å². The third-order valence-electron chi connectivity index (χ3n) is 5.46. The molecule has 4 N–H and O–H groups in total. The van der Waals surface area contributed by atoms with E-state index in [-0.39, 0.29) is 17.7 Å². The first-order valence-corrected chi connectivity index (χ1v) is 10.5. The fourth-order valence-corrected chi connectivity index (χ4v) is 3.89. The van der Waals surface area contributed by atoms with Gasteiger partial charge in [-0.3, -0.25) is 0 Å². The third-order valence-corrected chi connectivity index (χ3v) is 5.46. The van der Waals surface area contributed by atoms with Crippen molar-refractivity contribution in [3.63, 3.8) is 0 Å². The van der Waals surface area contributed by atoms with Gasteiger partial charge in [-0.2, -0.15) is 0 Å². The lowest BCUT2D eigenvalue weighted by Crippen LogP contribution is -2.03. The number of carboxylic acid groups (broad SMARTS) is 2. The van der Waals surface area contributed by atoms with Gasteiger partial charge in [-0.1, -0.05) is 24.3 Å². The van der Waals surface area contributed by atoms with Crippen molar-refractivity contribution in [2.45, 2.75) is 19.6 Å². The van der Waals surface area contributed by atoms with E-state index in [9.17, 15) is 14.7 Å². The topological polar surface area (TPSA) is 115 Å². The van der Waals surface area contributed by atoms with Crippen molar-refractivity contribution in [3.05, 3.63) is 101 Å². The molecule has 0 saturated heterocycles. The molecule has 0 aliphatic heterocycles. The summed E-state index contributed by atoms with van der Waals surface area (Å²) in [6.07, 6.45) is 2.74. The number of carboxylic acids is 2. The summed E-state index contributed by atoms with van der Waals surface area (Å²) in [5, 5.41) is 19.4. The van der Waals surface area contributed by atoms with Gasteiger partial charge in [0.05, 0.1) is 11.1 Å². The van der Waals surface area contributed by atoms with E-state index < -0.39 is 11.9 Å². The van der Waals surface area contributed by atoms with Gasteiger partial charge in [-0.25, -0.2) is 9.59 Å². The van der Waals surface area contributed by atoms with Gasteiger partial charge in [0.25, 0.3) is 0 Å². The SMILES string of the molecule is NCCc1cn(Cc2cccc(C(=O)O)c2)c2ccc(OCc3cccc(C(=O)O)c3)cc12. The fourth-order valence-electron chi connectivity index (χ4n) is 3.89. The Labute approximate surface area is 190 Å². The Morgan fingerprint density at radius 3 is 2.21 bits per heavy atom. The molecule has 0 aliphatic rings. The molecule has 0 aliphatic carbocycles. The lowest BCUT2D eigenvalue weighted by molar-refractivity contribution is 0.0686. The van der Waals surface area contributed by atoms with E-state index >= 15 is 0 Å². The molecule has 7 nitrogen and oxygen atoms in total. The minimum Gasteiger partial charge on any atom is -0.489 e. The van der Waals surface area contributed by atoms with Crippen LogP contribution in [0.1, 0.15) is 37.4 Å². The van der Waals surface area contributed by atoms with Crippen molar-refractivity contribution in [2.75, 3.05) is 6.54 Å². The van der Waals surface area contributed by atoms with Crippen LogP contribution in [0.3, 0.4) is 0 Å². The van der Waals surface area contributed by atoms with Crippen molar-refractivity contribution in [2.24, 2.45) is 5.73 Å². The summed E-state index contributed by atoms with van der Waals surface area (Å²) in [5.74, 6) is -1.25. The molecule has 0 amide bonds. The largest absolute Gasteiger partial charge is 0.489 e. The number of nitrogens with zero attached hydrogens (tertiary/aromatic N) is 1. The van der Waals surface area contributed by atoms with Crippen LogP contribution in [0.5, 0.6) is 5.75 Å². The molecule has 4 aromatic rings. The molecular formula is C26H24N2O5. The highest BCUT2D eigenvalue weighted by Crippen LogP contribution is 2.28. The summed E-state index contributed by atoms with van der Waals surface area (Å²) in [4.78, 5) is 22.5. The minimum absolute atomic E-state index is 0.223. The Hall–Kier alpha value is -4.10. The Kier molecular flexibility index (Phi) is 6.42. The molecule has 3 aromatic carbocycles. The predicted octanol–water partition coefficient (Wildman–Crippen LogP) is 4.17. The Bertz CT molecular complexity index is 1330. The van der Waals surface area contributed by atoms with Crippen molar-refractivity contribution < 1.29 is 24.5 Å². The zero-order valence-corrected chi connectivity index (χ0v) is 17.9. The lowest BCUT2D eigenvalue weighted by atomic mass is 10.1. The second-order valence-corrected chi connectivity index (χ2v) is 7.80. The number of fused-ring (bicyclic) bond motifs is 1. The van der Waals surface area contributed by atoms with Crippen molar-refractivity contribution in [1.29, 1.82) is 0 Å². The number of rotatable bonds is 9. The fraction of sp³-hybridized carbons (Fsp3) is 0.154. The van der Waals surface area contributed by atoms with E-state index in [1.807, 2.05) is 36.5 Å². The molecule has 0 fully saturated rings. The van der Waals surface area contributed by atoms with Crippen LogP contribution in [0.2, 0.25) is 0 Å². The molecule has 0 bridgehead atoms.